The first-order valence-electron chi connectivity index (χ1n) is 8.96. The number of fused-ring (bicyclic) bond motifs is 3. The summed E-state index contributed by atoms with van der Waals surface area (Å²) in [6, 6.07) is 15.4. The number of furan rings is 1. The predicted octanol–water partition coefficient (Wildman–Crippen LogP) is 4.98. The average Bonchev–Trinajstić information content (AvgIpc) is 3.42. The van der Waals surface area contributed by atoms with Gasteiger partial charge in [-0.1, -0.05) is 24.3 Å². The van der Waals surface area contributed by atoms with E-state index in [4.69, 9.17) is 4.42 Å². The number of para-hydroxylation sites is 2. The molecule has 146 valence electrons. The average molecular weight is 397 g/mol. The van der Waals surface area contributed by atoms with E-state index in [0.29, 0.717) is 19.0 Å². The fraction of sp³-hybridized carbons (Fsp3) is 0.143. The third-order valence-electron chi connectivity index (χ3n) is 4.96. The molecule has 0 atom stereocenters. The SMILES string of the molecule is O=C(c1ccc(-c2cccc(C(F)(F)F)c2)o1)N1CCn2c1nc1ccccc12. The number of benzene rings is 2. The molecule has 1 aliphatic rings. The van der Waals surface area contributed by atoms with Crippen molar-refractivity contribution >= 4 is 22.9 Å². The highest BCUT2D eigenvalue weighted by Crippen LogP contribution is 2.33. The van der Waals surface area contributed by atoms with Crippen molar-refractivity contribution in [2.75, 3.05) is 11.4 Å². The van der Waals surface area contributed by atoms with Crippen molar-refractivity contribution in [2.45, 2.75) is 12.7 Å². The van der Waals surface area contributed by atoms with Crippen molar-refractivity contribution in [2.24, 2.45) is 0 Å². The van der Waals surface area contributed by atoms with Crippen molar-refractivity contribution in [1.82, 2.24) is 9.55 Å². The van der Waals surface area contributed by atoms with Gasteiger partial charge in [0.15, 0.2) is 5.76 Å². The Balaban J connectivity index is 1.46. The first kappa shape index (κ1) is 17.5. The Morgan fingerprint density at radius 3 is 2.66 bits per heavy atom. The van der Waals surface area contributed by atoms with Gasteiger partial charge >= 0.3 is 6.18 Å². The molecule has 0 bridgehead atoms. The minimum absolute atomic E-state index is 0.0536. The first-order chi connectivity index (χ1) is 13.9. The van der Waals surface area contributed by atoms with Crippen LogP contribution in [-0.4, -0.2) is 22.0 Å². The molecule has 4 aromatic rings. The van der Waals surface area contributed by atoms with E-state index >= 15 is 0 Å². The molecule has 0 radical (unpaired) electrons. The zero-order chi connectivity index (χ0) is 20.2. The van der Waals surface area contributed by atoms with E-state index in [2.05, 4.69) is 4.98 Å². The number of carbonyl (C=O) groups is 1. The third-order valence-corrected chi connectivity index (χ3v) is 4.96. The number of amides is 1. The Hall–Kier alpha value is -3.55. The Morgan fingerprint density at radius 1 is 1.00 bits per heavy atom. The maximum absolute atomic E-state index is 13.0. The van der Waals surface area contributed by atoms with Gasteiger partial charge in [-0.25, -0.2) is 4.98 Å². The van der Waals surface area contributed by atoms with E-state index < -0.39 is 11.7 Å². The van der Waals surface area contributed by atoms with Crippen LogP contribution < -0.4 is 4.90 Å². The summed E-state index contributed by atoms with van der Waals surface area (Å²) in [7, 11) is 0. The summed E-state index contributed by atoms with van der Waals surface area (Å²) in [4.78, 5) is 19.0. The van der Waals surface area contributed by atoms with Gasteiger partial charge in [-0.2, -0.15) is 13.2 Å². The van der Waals surface area contributed by atoms with E-state index in [-0.39, 0.29) is 23.0 Å². The largest absolute Gasteiger partial charge is 0.451 e. The van der Waals surface area contributed by atoms with Gasteiger partial charge in [0.1, 0.15) is 5.76 Å². The van der Waals surface area contributed by atoms with E-state index in [1.54, 1.807) is 0 Å². The molecular formula is C21H14F3N3O2. The number of halogens is 3. The fourth-order valence-corrected chi connectivity index (χ4v) is 3.57. The topological polar surface area (TPSA) is 51.3 Å². The molecule has 0 unspecified atom stereocenters. The van der Waals surface area contributed by atoms with Crippen LogP contribution >= 0.6 is 0 Å². The minimum Gasteiger partial charge on any atom is -0.451 e. The molecule has 1 amide bonds. The highest BCUT2D eigenvalue weighted by Gasteiger charge is 2.32. The van der Waals surface area contributed by atoms with E-state index in [1.165, 1.54) is 29.2 Å². The normalized spacial score (nSPS) is 13.8. The van der Waals surface area contributed by atoms with Crippen molar-refractivity contribution in [3.63, 3.8) is 0 Å². The summed E-state index contributed by atoms with van der Waals surface area (Å²) < 4.78 is 46.4. The van der Waals surface area contributed by atoms with Gasteiger partial charge in [0, 0.05) is 18.7 Å². The van der Waals surface area contributed by atoms with Crippen molar-refractivity contribution in [1.29, 1.82) is 0 Å². The van der Waals surface area contributed by atoms with Crippen molar-refractivity contribution in [3.05, 3.63) is 72.0 Å². The molecular weight excluding hydrogens is 383 g/mol. The number of rotatable bonds is 2. The lowest BCUT2D eigenvalue weighted by molar-refractivity contribution is -0.137. The molecule has 0 aliphatic carbocycles. The molecule has 0 fully saturated rings. The standard InChI is InChI=1S/C21H14F3N3O2/c22-21(23,24)14-5-3-4-13(12-14)17-8-9-18(29-17)19(28)27-11-10-26-16-7-2-1-6-15(16)25-20(26)27/h1-9,12H,10-11H2. The fourth-order valence-electron chi connectivity index (χ4n) is 3.57. The molecule has 0 saturated heterocycles. The Labute approximate surface area is 163 Å². The maximum Gasteiger partial charge on any atom is 0.416 e. The molecule has 2 aromatic carbocycles. The number of hydrogen-bond donors (Lipinski definition) is 0. The number of carbonyl (C=O) groups excluding carboxylic acids is 1. The van der Waals surface area contributed by atoms with E-state index in [9.17, 15) is 18.0 Å². The third kappa shape index (κ3) is 2.88. The molecule has 8 heteroatoms. The second-order valence-electron chi connectivity index (χ2n) is 6.75. The van der Waals surface area contributed by atoms with Crippen LogP contribution in [0.4, 0.5) is 19.1 Å². The molecule has 29 heavy (non-hydrogen) atoms. The van der Waals surface area contributed by atoms with Crippen LogP contribution in [0.15, 0.2) is 65.1 Å². The first-order valence-corrected chi connectivity index (χ1v) is 8.96. The Bertz CT molecular complexity index is 1240. The van der Waals surface area contributed by atoms with Gasteiger partial charge in [-0.15, -0.1) is 0 Å². The van der Waals surface area contributed by atoms with Crippen LogP contribution in [0, 0.1) is 0 Å². The van der Waals surface area contributed by atoms with Crippen LogP contribution in [0.25, 0.3) is 22.4 Å². The summed E-state index contributed by atoms with van der Waals surface area (Å²) in [6.45, 7) is 1.06. The summed E-state index contributed by atoms with van der Waals surface area (Å²) >= 11 is 0. The van der Waals surface area contributed by atoms with E-state index in [1.807, 2.05) is 28.8 Å². The lowest BCUT2D eigenvalue weighted by Gasteiger charge is -2.11. The summed E-state index contributed by atoms with van der Waals surface area (Å²) in [5.74, 6) is 0.413. The zero-order valence-electron chi connectivity index (χ0n) is 15.0. The summed E-state index contributed by atoms with van der Waals surface area (Å²) in [6.07, 6.45) is -4.45. The number of aromatic nitrogens is 2. The van der Waals surface area contributed by atoms with Crippen molar-refractivity contribution < 1.29 is 22.4 Å². The number of hydrogen-bond acceptors (Lipinski definition) is 3. The smallest absolute Gasteiger partial charge is 0.416 e. The molecule has 0 N–H and O–H groups in total. The highest BCUT2D eigenvalue weighted by atomic mass is 19.4. The molecule has 0 saturated carbocycles. The molecule has 2 aromatic heterocycles. The maximum atomic E-state index is 13.0. The van der Waals surface area contributed by atoms with Crippen LogP contribution in [-0.2, 0) is 12.7 Å². The van der Waals surface area contributed by atoms with Crippen LogP contribution in [0.2, 0.25) is 0 Å². The number of anilines is 1. The summed E-state index contributed by atoms with van der Waals surface area (Å²) in [5.41, 5.74) is 1.23. The minimum atomic E-state index is -4.45. The van der Waals surface area contributed by atoms with Gasteiger partial charge in [0.25, 0.3) is 5.91 Å². The highest BCUT2D eigenvalue weighted by molar-refractivity contribution is 6.05. The van der Waals surface area contributed by atoms with E-state index in [0.717, 1.165) is 23.2 Å². The molecule has 3 heterocycles. The van der Waals surface area contributed by atoms with Gasteiger partial charge in [-0.05, 0) is 36.4 Å². The van der Waals surface area contributed by atoms with Gasteiger partial charge in [-0.3, -0.25) is 9.69 Å². The van der Waals surface area contributed by atoms with Gasteiger partial charge < -0.3 is 8.98 Å². The predicted molar refractivity (Wildman–Crippen MR) is 101 cm³/mol. The van der Waals surface area contributed by atoms with Crippen LogP contribution in [0.5, 0.6) is 0 Å². The van der Waals surface area contributed by atoms with Crippen molar-refractivity contribution in [3.8, 4) is 11.3 Å². The quantitative estimate of drug-likeness (QED) is 0.480. The summed E-state index contributed by atoms with van der Waals surface area (Å²) in [5, 5.41) is 0. The number of imidazole rings is 1. The van der Waals surface area contributed by atoms with Gasteiger partial charge in [0.2, 0.25) is 5.95 Å². The Kier molecular flexibility index (Phi) is 3.77. The monoisotopic (exact) mass is 397 g/mol. The number of nitrogens with zero attached hydrogens (tertiary/aromatic N) is 3. The van der Waals surface area contributed by atoms with Gasteiger partial charge in [0.05, 0.1) is 16.6 Å². The van der Waals surface area contributed by atoms with Crippen LogP contribution in [0.3, 0.4) is 0 Å². The molecule has 1 aliphatic heterocycles. The lowest BCUT2D eigenvalue weighted by atomic mass is 10.1. The Morgan fingerprint density at radius 2 is 1.83 bits per heavy atom. The second-order valence-corrected chi connectivity index (χ2v) is 6.75. The molecule has 5 rings (SSSR count). The lowest BCUT2D eigenvalue weighted by Crippen LogP contribution is -2.29. The molecule has 5 nitrogen and oxygen atoms in total. The zero-order valence-corrected chi connectivity index (χ0v) is 15.0. The molecule has 0 spiro atoms. The second kappa shape index (κ2) is 6.23. The van der Waals surface area contributed by atoms with Crippen LogP contribution in [0.1, 0.15) is 16.1 Å². The number of alkyl halides is 3.